The summed E-state index contributed by atoms with van der Waals surface area (Å²) in [5, 5.41) is 16.1. The van der Waals surface area contributed by atoms with Gasteiger partial charge in [0.25, 0.3) is 5.89 Å². The highest BCUT2D eigenvalue weighted by atomic mass is 19.4. The fourth-order valence-electron chi connectivity index (χ4n) is 1.62. The topological polar surface area (TPSA) is 75.5 Å². The summed E-state index contributed by atoms with van der Waals surface area (Å²) >= 11 is 0. The second-order valence-electron chi connectivity index (χ2n) is 4.03. The van der Waals surface area contributed by atoms with E-state index in [1.807, 2.05) is 0 Å². The minimum atomic E-state index is -4.36. The Bertz CT molecular complexity index is 525. The van der Waals surface area contributed by atoms with Crippen molar-refractivity contribution in [1.82, 2.24) is 15.1 Å². The van der Waals surface area contributed by atoms with Crippen molar-refractivity contribution in [2.45, 2.75) is 12.7 Å². The van der Waals surface area contributed by atoms with Crippen molar-refractivity contribution in [1.29, 1.82) is 0 Å². The van der Waals surface area contributed by atoms with Gasteiger partial charge in [-0.3, -0.25) is 4.90 Å². The Morgan fingerprint density at radius 3 is 2.70 bits per heavy atom. The van der Waals surface area contributed by atoms with E-state index in [1.165, 1.54) is 6.26 Å². The molecule has 0 amide bonds. The van der Waals surface area contributed by atoms with Gasteiger partial charge in [-0.1, -0.05) is 0 Å². The van der Waals surface area contributed by atoms with Crippen LogP contribution < -0.4 is 0 Å². The number of aromatic nitrogens is 2. The highest BCUT2D eigenvalue weighted by molar-refractivity contribution is 5.42. The predicted octanol–water partition coefficient (Wildman–Crippen LogP) is 1.69. The normalized spacial score (nSPS) is 12.2. The molecule has 0 unspecified atom stereocenters. The molecule has 0 aliphatic heterocycles. The van der Waals surface area contributed by atoms with E-state index in [4.69, 9.17) is 13.9 Å². The number of rotatable bonds is 6. The molecule has 9 heteroatoms. The molecule has 20 heavy (non-hydrogen) atoms. The molecule has 0 aliphatic rings. The molecule has 0 aromatic carbocycles. The van der Waals surface area contributed by atoms with Gasteiger partial charge in [-0.25, -0.2) is 0 Å². The van der Waals surface area contributed by atoms with Crippen LogP contribution in [0.3, 0.4) is 0 Å². The minimum Gasteiger partial charge on any atom is -0.459 e. The molecule has 0 fully saturated rings. The first-order chi connectivity index (χ1) is 9.48. The van der Waals surface area contributed by atoms with Gasteiger partial charge in [0, 0.05) is 6.54 Å². The highest BCUT2D eigenvalue weighted by Gasteiger charge is 2.31. The zero-order valence-electron chi connectivity index (χ0n) is 10.3. The van der Waals surface area contributed by atoms with E-state index in [0.29, 0.717) is 5.76 Å². The number of alkyl halides is 3. The van der Waals surface area contributed by atoms with Crippen LogP contribution in [0.1, 0.15) is 5.89 Å². The van der Waals surface area contributed by atoms with E-state index in [2.05, 4.69) is 10.2 Å². The monoisotopic (exact) mass is 291 g/mol. The van der Waals surface area contributed by atoms with Crippen LogP contribution in [0.2, 0.25) is 0 Å². The lowest BCUT2D eigenvalue weighted by atomic mass is 10.4. The number of halogens is 3. The number of aliphatic hydroxyl groups excluding tert-OH is 1. The van der Waals surface area contributed by atoms with E-state index in [1.54, 1.807) is 12.1 Å². The van der Waals surface area contributed by atoms with Gasteiger partial charge in [0.15, 0.2) is 5.76 Å². The van der Waals surface area contributed by atoms with Crippen LogP contribution in [-0.4, -0.2) is 46.1 Å². The molecule has 2 heterocycles. The number of nitrogens with zero attached hydrogens (tertiary/aromatic N) is 3. The highest BCUT2D eigenvalue weighted by Crippen LogP contribution is 2.20. The van der Waals surface area contributed by atoms with Crippen LogP contribution in [0.15, 0.2) is 27.2 Å². The van der Waals surface area contributed by atoms with Crippen molar-refractivity contribution in [3.63, 3.8) is 0 Å². The van der Waals surface area contributed by atoms with Crippen molar-refractivity contribution in [3.05, 3.63) is 24.3 Å². The Hall–Kier alpha value is -1.87. The standard InChI is InChI=1S/C11H12F3N3O3/c12-11(13,14)7-17(3-4-18)6-9-15-16-10(20-9)8-2-1-5-19-8/h1-2,5,18H,3-4,6-7H2. The van der Waals surface area contributed by atoms with Gasteiger partial charge in [0.2, 0.25) is 5.89 Å². The molecule has 2 aromatic rings. The lowest BCUT2D eigenvalue weighted by Gasteiger charge is -2.20. The van der Waals surface area contributed by atoms with Crippen molar-refractivity contribution >= 4 is 0 Å². The fourth-order valence-corrected chi connectivity index (χ4v) is 1.62. The molecular weight excluding hydrogens is 279 g/mol. The van der Waals surface area contributed by atoms with Gasteiger partial charge in [0.1, 0.15) is 0 Å². The Morgan fingerprint density at radius 1 is 1.30 bits per heavy atom. The van der Waals surface area contributed by atoms with Crippen LogP contribution in [0.5, 0.6) is 0 Å². The summed E-state index contributed by atoms with van der Waals surface area (Å²) in [5.41, 5.74) is 0. The fraction of sp³-hybridized carbons (Fsp3) is 0.455. The molecule has 6 nitrogen and oxygen atoms in total. The Morgan fingerprint density at radius 2 is 2.10 bits per heavy atom. The Balaban J connectivity index is 2.03. The van der Waals surface area contributed by atoms with Crippen LogP contribution >= 0.6 is 0 Å². The van der Waals surface area contributed by atoms with Crippen molar-refractivity contribution < 1.29 is 27.1 Å². The summed E-state index contributed by atoms with van der Waals surface area (Å²) in [4.78, 5) is 0.972. The molecule has 0 bridgehead atoms. The Kier molecular flexibility index (Phi) is 4.40. The molecule has 110 valence electrons. The van der Waals surface area contributed by atoms with Crippen LogP contribution in [0, 0.1) is 0 Å². The third kappa shape index (κ3) is 4.07. The molecule has 0 radical (unpaired) electrons. The lowest BCUT2D eigenvalue weighted by molar-refractivity contribution is -0.148. The van der Waals surface area contributed by atoms with Crippen LogP contribution in [0.4, 0.5) is 13.2 Å². The third-order valence-electron chi connectivity index (χ3n) is 2.38. The minimum absolute atomic E-state index is 0.0223. The summed E-state index contributed by atoms with van der Waals surface area (Å²) in [5.74, 6) is 0.461. The quantitative estimate of drug-likeness (QED) is 0.872. The summed E-state index contributed by atoms with van der Waals surface area (Å²) < 4.78 is 47.3. The summed E-state index contributed by atoms with van der Waals surface area (Å²) in [7, 11) is 0. The molecule has 0 saturated carbocycles. The third-order valence-corrected chi connectivity index (χ3v) is 2.38. The van der Waals surface area contributed by atoms with Gasteiger partial charge in [0.05, 0.1) is 26.0 Å². The van der Waals surface area contributed by atoms with E-state index in [0.717, 1.165) is 4.90 Å². The largest absolute Gasteiger partial charge is 0.459 e. The zero-order valence-corrected chi connectivity index (χ0v) is 10.3. The molecule has 0 saturated heterocycles. The maximum Gasteiger partial charge on any atom is 0.401 e. The van der Waals surface area contributed by atoms with Gasteiger partial charge in [-0.05, 0) is 12.1 Å². The molecule has 0 spiro atoms. The average Bonchev–Trinajstić information content (AvgIpc) is 2.96. The molecular formula is C11H12F3N3O3. The molecule has 2 aromatic heterocycles. The first-order valence-electron chi connectivity index (χ1n) is 5.74. The van der Waals surface area contributed by atoms with E-state index in [-0.39, 0.29) is 24.9 Å². The van der Waals surface area contributed by atoms with Gasteiger partial charge < -0.3 is 13.9 Å². The Labute approximate surface area is 111 Å². The molecule has 1 N–H and O–H groups in total. The zero-order chi connectivity index (χ0) is 14.6. The maximum absolute atomic E-state index is 12.4. The first-order valence-corrected chi connectivity index (χ1v) is 5.74. The number of aliphatic hydroxyl groups is 1. The first kappa shape index (κ1) is 14.5. The number of hydrogen-bond acceptors (Lipinski definition) is 6. The molecule has 2 rings (SSSR count). The van der Waals surface area contributed by atoms with Gasteiger partial charge >= 0.3 is 6.18 Å². The van der Waals surface area contributed by atoms with Crippen molar-refractivity contribution in [3.8, 4) is 11.7 Å². The number of hydrogen-bond donors (Lipinski definition) is 1. The van der Waals surface area contributed by atoms with Crippen LogP contribution in [0.25, 0.3) is 11.7 Å². The average molecular weight is 291 g/mol. The second-order valence-corrected chi connectivity index (χ2v) is 4.03. The molecule has 0 aliphatic carbocycles. The van der Waals surface area contributed by atoms with Crippen molar-refractivity contribution in [2.24, 2.45) is 0 Å². The maximum atomic E-state index is 12.4. The van der Waals surface area contributed by atoms with E-state index in [9.17, 15) is 13.2 Å². The lowest BCUT2D eigenvalue weighted by Crippen LogP contribution is -2.35. The SMILES string of the molecule is OCCN(Cc1nnc(-c2ccco2)o1)CC(F)(F)F. The number of furan rings is 1. The predicted molar refractivity (Wildman–Crippen MR) is 60.4 cm³/mol. The molecule has 0 atom stereocenters. The van der Waals surface area contributed by atoms with E-state index < -0.39 is 19.3 Å². The second kappa shape index (κ2) is 6.06. The van der Waals surface area contributed by atoms with E-state index >= 15 is 0 Å². The van der Waals surface area contributed by atoms with Crippen LogP contribution in [-0.2, 0) is 6.54 Å². The van der Waals surface area contributed by atoms with Gasteiger partial charge in [-0.15, -0.1) is 10.2 Å². The smallest absolute Gasteiger partial charge is 0.401 e. The van der Waals surface area contributed by atoms with Gasteiger partial charge in [-0.2, -0.15) is 13.2 Å². The summed E-state index contributed by atoms with van der Waals surface area (Å²) in [6, 6.07) is 3.22. The summed E-state index contributed by atoms with van der Waals surface area (Å²) in [6.45, 7) is -1.90. The van der Waals surface area contributed by atoms with Crippen molar-refractivity contribution in [2.75, 3.05) is 19.7 Å². The summed E-state index contributed by atoms with van der Waals surface area (Å²) in [6.07, 6.45) is -2.94.